The standard InChI is InChI=1S/C14H21NO2/c1-11(16)12-5-7-13(8-6-12)15-9-3-4-14(10-15)17-2/h5-8,11,14,16H,3-4,9-10H2,1-2H3/t11-,14?/m1/s1. The van der Waals surface area contributed by atoms with Gasteiger partial charge in [-0.2, -0.15) is 0 Å². The van der Waals surface area contributed by atoms with E-state index < -0.39 is 6.10 Å². The molecular weight excluding hydrogens is 214 g/mol. The molecule has 0 spiro atoms. The minimum Gasteiger partial charge on any atom is -0.389 e. The van der Waals surface area contributed by atoms with E-state index in [9.17, 15) is 5.11 Å². The zero-order valence-corrected chi connectivity index (χ0v) is 10.6. The average molecular weight is 235 g/mol. The van der Waals surface area contributed by atoms with E-state index in [2.05, 4.69) is 17.0 Å². The Morgan fingerprint density at radius 3 is 2.65 bits per heavy atom. The largest absolute Gasteiger partial charge is 0.389 e. The number of ether oxygens (including phenoxy) is 1. The second kappa shape index (κ2) is 5.52. The molecule has 3 nitrogen and oxygen atoms in total. The van der Waals surface area contributed by atoms with E-state index in [1.54, 1.807) is 14.0 Å². The van der Waals surface area contributed by atoms with E-state index in [-0.39, 0.29) is 0 Å². The van der Waals surface area contributed by atoms with Gasteiger partial charge in [0.1, 0.15) is 0 Å². The first-order valence-electron chi connectivity index (χ1n) is 6.26. The predicted octanol–water partition coefficient (Wildman–Crippen LogP) is 2.36. The Balaban J connectivity index is 2.06. The normalized spacial score (nSPS) is 22.5. The molecule has 1 fully saturated rings. The van der Waals surface area contributed by atoms with Gasteiger partial charge in [-0.05, 0) is 37.5 Å². The second-order valence-electron chi connectivity index (χ2n) is 4.71. The predicted molar refractivity (Wildman–Crippen MR) is 69.3 cm³/mol. The molecule has 1 aliphatic heterocycles. The van der Waals surface area contributed by atoms with E-state index in [0.717, 1.165) is 25.1 Å². The molecule has 17 heavy (non-hydrogen) atoms. The van der Waals surface area contributed by atoms with Crippen LogP contribution in [0.5, 0.6) is 0 Å². The molecule has 0 bridgehead atoms. The quantitative estimate of drug-likeness (QED) is 0.873. The SMILES string of the molecule is COC1CCCN(c2ccc([C@@H](C)O)cc2)C1. The molecule has 1 unspecified atom stereocenters. The lowest BCUT2D eigenvalue weighted by atomic mass is 10.1. The third-order valence-electron chi connectivity index (χ3n) is 3.45. The Morgan fingerprint density at radius 2 is 2.06 bits per heavy atom. The zero-order chi connectivity index (χ0) is 12.3. The highest BCUT2D eigenvalue weighted by Crippen LogP contribution is 2.23. The van der Waals surface area contributed by atoms with Crippen molar-refractivity contribution in [2.24, 2.45) is 0 Å². The number of nitrogens with zero attached hydrogens (tertiary/aromatic N) is 1. The number of hydrogen-bond donors (Lipinski definition) is 1. The van der Waals surface area contributed by atoms with Crippen LogP contribution in [-0.4, -0.2) is 31.4 Å². The van der Waals surface area contributed by atoms with Crippen molar-refractivity contribution in [2.75, 3.05) is 25.1 Å². The molecule has 1 saturated heterocycles. The monoisotopic (exact) mass is 235 g/mol. The van der Waals surface area contributed by atoms with E-state index in [0.29, 0.717) is 6.10 Å². The maximum absolute atomic E-state index is 9.47. The van der Waals surface area contributed by atoms with Crippen molar-refractivity contribution in [1.29, 1.82) is 0 Å². The highest BCUT2D eigenvalue weighted by molar-refractivity contribution is 5.48. The van der Waals surface area contributed by atoms with Gasteiger partial charge in [-0.15, -0.1) is 0 Å². The molecule has 3 heteroatoms. The topological polar surface area (TPSA) is 32.7 Å². The summed E-state index contributed by atoms with van der Waals surface area (Å²) in [5, 5.41) is 9.47. The molecule has 0 radical (unpaired) electrons. The van der Waals surface area contributed by atoms with Crippen LogP contribution in [-0.2, 0) is 4.74 Å². The number of methoxy groups -OCH3 is 1. The van der Waals surface area contributed by atoms with Crippen molar-refractivity contribution in [1.82, 2.24) is 0 Å². The Morgan fingerprint density at radius 1 is 1.35 bits per heavy atom. The molecule has 2 atom stereocenters. The molecular formula is C14H21NO2. The summed E-state index contributed by atoms with van der Waals surface area (Å²) in [5.41, 5.74) is 2.19. The molecule has 1 aliphatic rings. The third kappa shape index (κ3) is 2.99. The van der Waals surface area contributed by atoms with Crippen LogP contribution in [0.15, 0.2) is 24.3 Å². The van der Waals surface area contributed by atoms with Gasteiger partial charge in [0, 0.05) is 25.9 Å². The second-order valence-corrected chi connectivity index (χ2v) is 4.71. The Kier molecular flexibility index (Phi) is 4.02. The minimum absolute atomic E-state index is 0.347. The van der Waals surface area contributed by atoms with Gasteiger partial charge in [0.2, 0.25) is 0 Å². The van der Waals surface area contributed by atoms with Gasteiger partial charge in [0.05, 0.1) is 12.2 Å². The first kappa shape index (κ1) is 12.4. The summed E-state index contributed by atoms with van der Waals surface area (Å²) in [4.78, 5) is 2.35. The van der Waals surface area contributed by atoms with Gasteiger partial charge < -0.3 is 14.7 Å². The van der Waals surface area contributed by atoms with Crippen LogP contribution in [0.25, 0.3) is 0 Å². The van der Waals surface area contributed by atoms with E-state index in [1.165, 1.54) is 12.1 Å². The Bertz CT molecular complexity index is 348. The number of benzene rings is 1. The summed E-state index contributed by atoms with van der Waals surface area (Å²) in [6, 6.07) is 8.16. The Hall–Kier alpha value is -1.06. The van der Waals surface area contributed by atoms with Gasteiger partial charge >= 0.3 is 0 Å². The van der Waals surface area contributed by atoms with Crippen molar-refractivity contribution in [3.05, 3.63) is 29.8 Å². The van der Waals surface area contributed by atoms with E-state index >= 15 is 0 Å². The highest BCUT2D eigenvalue weighted by atomic mass is 16.5. The molecule has 1 aromatic carbocycles. The minimum atomic E-state index is -0.392. The van der Waals surface area contributed by atoms with Crippen molar-refractivity contribution < 1.29 is 9.84 Å². The van der Waals surface area contributed by atoms with Crippen molar-refractivity contribution >= 4 is 5.69 Å². The lowest BCUT2D eigenvalue weighted by Crippen LogP contribution is -2.39. The molecule has 0 aromatic heterocycles. The van der Waals surface area contributed by atoms with Crippen LogP contribution in [0.4, 0.5) is 5.69 Å². The summed E-state index contributed by atoms with van der Waals surface area (Å²) in [5.74, 6) is 0. The van der Waals surface area contributed by atoms with Gasteiger partial charge in [0.25, 0.3) is 0 Å². The maximum Gasteiger partial charge on any atom is 0.0761 e. The van der Waals surface area contributed by atoms with Crippen LogP contribution in [0.3, 0.4) is 0 Å². The number of hydrogen-bond acceptors (Lipinski definition) is 3. The van der Waals surface area contributed by atoms with E-state index in [1.807, 2.05) is 12.1 Å². The summed E-state index contributed by atoms with van der Waals surface area (Å²) >= 11 is 0. The molecule has 1 heterocycles. The van der Waals surface area contributed by atoms with Crippen LogP contribution in [0.2, 0.25) is 0 Å². The number of piperidine rings is 1. The van der Waals surface area contributed by atoms with Crippen molar-refractivity contribution in [3.63, 3.8) is 0 Å². The fourth-order valence-corrected chi connectivity index (χ4v) is 2.33. The molecule has 94 valence electrons. The molecule has 0 aliphatic carbocycles. The maximum atomic E-state index is 9.47. The number of rotatable bonds is 3. The summed E-state index contributed by atoms with van der Waals surface area (Å²) < 4.78 is 5.42. The fourth-order valence-electron chi connectivity index (χ4n) is 2.33. The first-order chi connectivity index (χ1) is 8.20. The summed E-state index contributed by atoms with van der Waals surface area (Å²) in [6.45, 7) is 3.84. The van der Waals surface area contributed by atoms with Gasteiger partial charge in [-0.3, -0.25) is 0 Å². The lowest BCUT2D eigenvalue weighted by Gasteiger charge is -2.33. The summed E-state index contributed by atoms with van der Waals surface area (Å²) in [7, 11) is 1.78. The van der Waals surface area contributed by atoms with Gasteiger partial charge in [-0.25, -0.2) is 0 Å². The van der Waals surface area contributed by atoms with E-state index in [4.69, 9.17) is 4.74 Å². The smallest absolute Gasteiger partial charge is 0.0761 e. The van der Waals surface area contributed by atoms with Crippen LogP contribution in [0.1, 0.15) is 31.4 Å². The number of aliphatic hydroxyl groups excluding tert-OH is 1. The number of anilines is 1. The average Bonchev–Trinajstić information content (AvgIpc) is 2.39. The third-order valence-corrected chi connectivity index (χ3v) is 3.45. The molecule has 2 rings (SSSR count). The van der Waals surface area contributed by atoms with Crippen molar-refractivity contribution in [3.8, 4) is 0 Å². The van der Waals surface area contributed by atoms with Crippen LogP contribution >= 0.6 is 0 Å². The van der Waals surface area contributed by atoms with Crippen LogP contribution < -0.4 is 4.90 Å². The number of aliphatic hydroxyl groups is 1. The summed E-state index contributed by atoms with van der Waals surface area (Å²) in [6.07, 6.45) is 2.28. The van der Waals surface area contributed by atoms with Crippen molar-refractivity contribution in [2.45, 2.75) is 32.0 Å². The highest BCUT2D eigenvalue weighted by Gasteiger charge is 2.19. The zero-order valence-electron chi connectivity index (χ0n) is 10.6. The van der Waals surface area contributed by atoms with Crippen LogP contribution in [0, 0.1) is 0 Å². The Labute approximate surface area is 103 Å². The molecule has 0 saturated carbocycles. The van der Waals surface area contributed by atoms with Gasteiger partial charge in [0.15, 0.2) is 0 Å². The molecule has 1 N–H and O–H groups in total. The lowest BCUT2D eigenvalue weighted by molar-refractivity contribution is 0.0893. The molecule has 0 amide bonds. The fraction of sp³-hybridized carbons (Fsp3) is 0.571. The first-order valence-corrected chi connectivity index (χ1v) is 6.26. The van der Waals surface area contributed by atoms with Gasteiger partial charge in [-0.1, -0.05) is 12.1 Å². The molecule has 1 aromatic rings.